The Labute approximate surface area is 166 Å². The highest BCUT2D eigenvalue weighted by Crippen LogP contribution is 2.34. The van der Waals surface area contributed by atoms with Gasteiger partial charge in [-0.2, -0.15) is 13.2 Å². The van der Waals surface area contributed by atoms with Crippen LogP contribution in [-0.2, 0) is 0 Å². The third-order valence-corrected chi connectivity index (χ3v) is 4.79. The molecule has 0 aromatic carbocycles. The Bertz CT molecular complexity index is 612. The molecule has 0 saturated heterocycles. The van der Waals surface area contributed by atoms with E-state index in [1.807, 2.05) is 13.8 Å². The van der Waals surface area contributed by atoms with Crippen molar-refractivity contribution in [3.8, 4) is 0 Å². The van der Waals surface area contributed by atoms with Crippen molar-refractivity contribution < 1.29 is 17.6 Å². The second kappa shape index (κ2) is 12.6. The van der Waals surface area contributed by atoms with Gasteiger partial charge in [0.2, 0.25) is 0 Å². The van der Waals surface area contributed by atoms with Gasteiger partial charge in [0, 0.05) is 18.3 Å². The fourth-order valence-electron chi connectivity index (χ4n) is 3.39. The Morgan fingerprint density at radius 2 is 1.86 bits per heavy atom. The van der Waals surface area contributed by atoms with Gasteiger partial charge in [0.15, 0.2) is 0 Å². The first kappa shape index (κ1) is 24.2. The number of hydrogen-bond acceptors (Lipinski definition) is 2. The molecule has 1 saturated carbocycles. The third-order valence-electron chi connectivity index (χ3n) is 4.79. The molecule has 0 amide bonds. The normalized spacial score (nSPS) is 16.4. The average Bonchev–Trinajstić information content (AvgIpc) is 2.70. The average molecular weight is 401 g/mol. The van der Waals surface area contributed by atoms with Gasteiger partial charge in [-0.1, -0.05) is 58.1 Å². The molecule has 1 aromatic heterocycles. The zero-order chi connectivity index (χ0) is 21.0. The van der Waals surface area contributed by atoms with Crippen LogP contribution < -0.4 is 5.32 Å². The molecule has 1 aromatic rings. The second-order valence-electron chi connectivity index (χ2n) is 6.68. The van der Waals surface area contributed by atoms with E-state index in [1.54, 1.807) is 6.07 Å². The Morgan fingerprint density at radius 3 is 2.36 bits per heavy atom. The van der Waals surface area contributed by atoms with Crippen molar-refractivity contribution in [1.82, 2.24) is 4.98 Å². The zero-order valence-electron chi connectivity index (χ0n) is 17.1. The first-order chi connectivity index (χ1) is 13.5. The first-order valence-corrected chi connectivity index (χ1v) is 10.1. The summed E-state index contributed by atoms with van der Waals surface area (Å²) in [6.45, 7) is 5.06. The minimum Gasteiger partial charge on any atom is -0.370 e. The van der Waals surface area contributed by atoms with Crippen molar-refractivity contribution in [2.45, 2.75) is 65.5 Å². The number of hydrogen-bond donors (Lipinski definition) is 1. The van der Waals surface area contributed by atoms with Crippen LogP contribution in [0.4, 0.5) is 23.4 Å². The predicted octanol–water partition coefficient (Wildman–Crippen LogP) is 7.35. The largest absolute Gasteiger partial charge is 0.416 e. The molecule has 1 heterocycles. The highest BCUT2D eigenvalue weighted by Gasteiger charge is 2.34. The van der Waals surface area contributed by atoms with Gasteiger partial charge in [-0.25, -0.2) is 9.37 Å². The molecule has 1 aliphatic rings. The van der Waals surface area contributed by atoms with Gasteiger partial charge in [-0.15, -0.1) is 0 Å². The summed E-state index contributed by atoms with van der Waals surface area (Å²) in [5.41, 5.74) is -1.21. The number of nitrogens with one attached hydrogen (secondary N) is 1. The molecule has 2 nitrogen and oxygen atoms in total. The van der Waals surface area contributed by atoms with E-state index in [0.29, 0.717) is 5.82 Å². The summed E-state index contributed by atoms with van der Waals surface area (Å²) in [4.78, 5) is 4.15. The zero-order valence-corrected chi connectivity index (χ0v) is 17.1. The van der Waals surface area contributed by atoms with Crippen molar-refractivity contribution in [2.24, 2.45) is 5.92 Å². The lowest BCUT2D eigenvalue weighted by atomic mass is 9.87. The van der Waals surface area contributed by atoms with Gasteiger partial charge in [-0.05, 0) is 37.0 Å². The molecule has 1 N–H and O–H groups in total. The van der Waals surface area contributed by atoms with E-state index < -0.39 is 24.0 Å². The molecular formula is C22H32F4N2. The van der Waals surface area contributed by atoms with Crippen molar-refractivity contribution in [3.05, 3.63) is 41.6 Å². The molecule has 0 unspecified atom stereocenters. The van der Waals surface area contributed by atoms with E-state index in [2.05, 4.69) is 10.3 Å². The van der Waals surface area contributed by atoms with E-state index in [0.717, 1.165) is 25.0 Å². The number of anilines is 1. The van der Waals surface area contributed by atoms with Crippen LogP contribution in [0.1, 0.15) is 64.9 Å². The highest BCUT2D eigenvalue weighted by molar-refractivity contribution is 5.72. The molecule has 0 radical (unpaired) electrons. The number of rotatable bonds is 7. The van der Waals surface area contributed by atoms with E-state index in [9.17, 15) is 17.6 Å². The van der Waals surface area contributed by atoms with Crippen molar-refractivity contribution in [3.63, 3.8) is 0 Å². The minimum atomic E-state index is -4.61. The van der Waals surface area contributed by atoms with Crippen LogP contribution in [0.15, 0.2) is 36.1 Å². The van der Waals surface area contributed by atoms with E-state index in [-0.39, 0.29) is 5.56 Å². The van der Waals surface area contributed by atoms with Gasteiger partial charge >= 0.3 is 6.18 Å². The predicted molar refractivity (Wildman–Crippen MR) is 109 cm³/mol. The second-order valence-corrected chi connectivity index (χ2v) is 6.68. The van der Waals surface area contributed by atoms with E-state index in [1.165, 1.54) is 57.4 Å². The highest BCUT2D eigenvalue weighted by atomic mass is 19.4. The molecule has 0 atom stereocenters. The maximum atomic E-state index is 13.3. The first-order valence-electron chi connectivity index (χ1n) is 10.1. The lowest BCUT2D eigenvalue weighted by Gasteiger charge is -2.21. The molecule has 28 heavy (non-hydrogen) atoms. The van der Waals surface area contributed by atoms with Crippen LogP contribution >= 0.6 is 0 Å². The minimum absolute atomic E-state index is 0.149. The molecular weight excluding hydrogens is 368 g/mol. The summed E-state index contributed by atoms with van der Waals surface area (Å²) >= 11 is 0. The SMILES string of the molecule is C/C=C\C(=C(/CF)c1ccc(NCCC2CCCCC2)nc1)C(F)(F)F.CC. The summed E-state index contributed by atoms with van der Waals surface area (Å²) in [5.74, 6) is 1.34. The summed E-state index contributed by atoms with van der Waals surface area (Å²) in [6, 6.07) is 3.09. The quantitative estimate of drug-likeness (QED) is 0.382. The van der Waals surface area contributed by atoms with Crippen LogP contribution in [0.3, 0.4) is 0 Å². The number of nitrogens with zero attached hydrogens (tertiary/aromatic N) is 1. The van der Waals surface area contributed by atoms with Crippen LogP contribution in [0.2, 0.25) is 0 Å². The van der Waals surface area contributed by atoms with Crippen LogP contribution in [0.5, 0.6) is 0 Å². The molecule has 1 aliphatic carbocycles. The number of halogens is 4. The maximum absolute atomic E-state index is 13.3. The lowest BCUT2D eigenvalue weighted by Crippen LogP contribution is -2.14. The molecule has 0 spiro atoms. The molecule has 6 heteroatoms. The topological polar surface area (TPSA) is 24.9 Å². The summed E-state index contributed by atoms with van der Waals surface area (Å²) < 4.78 is 52.8. The smallest absolute Gasteiger partial charge is 0.370 e. The third kappa shape index (κ3) is 7.64. The van der Waals surface area contributed by atoms with Crippen LogP contribution in [0, 0.1) is 5.92 Å². The number of allylic oxidation sites excluding steroid dienone is 4. The van der Waals surface area contributed by atoms with E-state index in [4.69, 9.17) is 0 Å². The van der Waals surface area contributed by atoms with Gasteiger partial charge in [0.25, 0.3) is 0 Å². The Hall–Kier alpha value is -1.85. The lowest BCUT2D eigenvalue weighted by molar-refractivity contribution is -0.0878. The summed E-state index contributed by atoms with van der Waals surface area (Å²) in [7, 11) is 0. The number of alkyl halides is 4. The van der Waals surface area contributed by atoms with Crippen LogP contribution in [-0.4, -0.2) is 24.4 Å². The van der Waals surface area contributed by atoms with Crippen molar-refractivity contribution in [2.75, 3.05) is 18.5 Å². The van der Waals surface area contributed by atoms with Gasteiger partial charge < -0.3 is 5.32 Å². The molecule has 0 bridgehead atoms. The molecule has 0 aliphatic heterocycles. The summed E-state index contributed by atoms with van der Waals surface area (Å²) in [6.07, 6.45) is 6.36. The molecule has 2 rings (SSSR count). The van der Waals surface area contributed by atoms with Gasteiger partial charge in [0.05, 0.1) is 5.57 Å². The summed E-state index contributed by atoms with van der Waals surface area (Å²) in [5, 5.41) is 3.20. The fourth-order valence-corrected chi connectivity index (χ4v) is 3.39. The van der Waals surface area contributed by atoms with Gasteiger partial charge in [-0.3, -0.25) is 0 Å². The van der Waals surface area contributed by atoms with Crippen LogP contribution in [0.25, 0.3) is 5.57 Å². The van der Waals surface area contributed by atoms with Crippen molar-refractivity contribution in [1.29, 1.82) is 0 Å². The van der Waals surface area contributed by atoms with E-state index >= 15 is 0 Å². The standard InChI is InChI=1S/C20H26F4N2.C2H6/c1-2-6-18(20(22,23)24)17(13-21)16-9-10-19(26-14-16)25-12-11-15-7-4-3-5-8-15;1-2/h2,6,9-10,14-15H,3-5,7-8,11-13H2,1H3,(H,25,26);1-2H3/b6-2-,18-17-;. The van der Waals surface area contributed by atoms with Crippen molar-refractivity contribution >= 4 is 11.4 Å². The number of pyridine rings is 1. The molecule has 158 valence electrons. The molecule has 1 fully saturated rings. The fraction of sp³-hybridized carbons (Fsp3) is 0.591. The monoisotopic (exact) mass is 400 g/mol. The number of aromatic nitrogens is 1. The Balaban J connectivity index is 0.00000190. The Kier molecular flexibility index (Phi) is 10.9. The Morgan fingerprint density at radius 1 is 1.18 bits per heavy atom. The van der Waals surface area contributed by atoms with Gasteiger partial charge in [0.1, 0.15) is 12.5 Å². The maximum Gasteiger partial charge on any atom is 0.416 e.